The molecule has 2 heterocycles. The van der Waals surface area contributed by atoms with Gasteiger partial charge in [0.2, 0.25) is 5.95 Å². The average molecular weight is 443 g/mol. The van der Waals surface area contributed by atoms with Crippen LogP contribution in [0.4, 0.5) is 24.8 Å². The average Bonchev–Trinajstić information content (AvgIpc) is 3.15. The van der Waals surface area contributed by atoms with Gasteiger partial charge in [0.15, 0.2) is 0 Å². The zero-order valence-electron chi connectivity index (χ0n) is 16.1. The van der Waals surface area contributed by atoms with Crippen LogP contribution >= 0.6 is 11.8 Å². The van der Waals surface area contributed by atoms with Crippen LogP contribution < -0.4 is 10.6 Å². The predicted octanol–water partition coefficient (Wildman–Crippen LogP) is 5.23. The number of amides is 1. The Balaban J connectivity index is 1.47. The molecule has 2 aromatic carbocycles. The summed E-state index contributed by atoms with van der Waals surface area (Å²) >= 11 is 1.47. The molecule has 0 spiro atoms. The number of anilines is 2. The third kappa shape index (κ3) is 4.80. The van der Waals surface area contributed by atoms with E-state index in [1.54, 1.807) is 19.3 Å². The van der Waals surface area contributed by atoms with Crippen molar-refractivity contribution in [3.63, 3.8) is 0 Å². The molecule has 0 saturated carbocycles. The number of aromatic amines is 1. The van der Waals surface area contributed by atoms with Crippen LogP contribution in [0.15, 0.2) is 70.6 Å². The fourth-order valence-corrected chi connectivity index (χ4v) is 3.69. The largest absolute Gasteiger partial charge is 0.416 e. The number of carbonyl (C=O) groups is 1. The second kappa shape index (κ2) is 8.31. The summed E-state index contributed by atoms with van der Waals surface area (Å²) in [7, 11) is 1.55. The molecule has 0 aliphatic carbocycles. The Morgan fingerprint density at radius 1 is 1.03 bits per heavy atom. The summed E-state index contributed by atoms with van der Waals surface area (Å²) in [4.78, 5) is 24.7. The molecule has 6 nitrogen and oxygen atoms in total. The second-order valence-corrected chi connectivity index (χ2v) is 7.67. The van der Waals surface area contributed by atoms with Crippen LogP contribution in [0.5, 0.6) is 0 Å². The summed E-state index contributed by atoms with van der Waals surface area (Å²) in [5.41, 5.74) is 1.07. The van der Waals surface area contributed by atoms with E-state index in [4.69, 9.17) is 0 Å². The van der Waals surface area contributed by atoms with Crippen molar-refractivity contribution < 1.29 is 18.0 Å². The third-order valence-electron chi connectivity index (χ3n) is 4.35. The van der Waals surface area contributed by atoms with Crippen molar-refractivity contribution in [1.29, 1.82) is 0 Å². The summed E-state index contributed by atoms with van der Waals surface area (Å²) in [6.45, 7) is 0. The number of pyridine rings is 1. The van der Waals surface area contributed by atoms with Gasteiger partial charge >= 0.3 is 6.18 Å². The second-order valence-electron chi connectivity index (χ2n) is 6.52. The smallest absolute Gasteiger partial charge is 0.354 e. The molecular weight excluding hydrogens is 427 g/mol. The number of hydrogen-bond acceptors (Lipinski definition) is 5. The molecule has 0 aliphatic rings. The Labute approximate surface area is 179 Å². The zero-order valence-corrected chi connectivity index (χ0v) is 16.9. The Bertz CT molecular complexity index is 1240. The maximum atomic E-state index is 12.9. The molecule has 31 heavy (non-hydrogen) atoms. The number of nitrogens with one attached hydrogen (secondary N) is 3. The standard InChI is InChI=1S/C21H16F3N5OS/c1-25-19(30)18-11-15(8-9-26-18)31-14-5-3-13(4-6-14)27-20-28-16-7-2-12(21(22,23)24)10-17(16)29-20/h2-11H,1H3,(H,25,30)(H2,27,28,29). The number of H-pyrrole nitrogens is 1. The van der Waals surface area contributed by atoms with E-state index in [1.165, 1.54) is 17.8 Å². The Hall–Kier alpha value is -3.53. The highest BCUT2D eigenvalue weighted by atomic mass is 32.2. The van der Waals surface area contributed by atoms with Gasteiger partial charge in [-0.25, -0.2) is 4.98 Å². The highest BCUT2D eigenvalue weighted by Crippen LogP contribution is 2.32. The normalized spacial score (nSPS) is 11.5. The minimum absolute atomic E-state index is 0.254. The van der Waals surface area contributed by atoms with E-state index >= 15 is 0 Å². The number of benzene rings is 2. The van der Waals surface area contributed by atoms with Crippen molar-refractivity contribution in [2.45, 2.75) is 16.0 Å². The van der Waals surface area contributed by atoms with E-state index in [2.05, 4.69) is 25.6 Å². The molecule has 0 unspecified atom stereocenters. The van der Waals surface area contributed by atoms with Crippen LogP contribution in [0.3, 0.4) is 0 Å². The van der Waals surface area contributed by atoms with E-state index < -0.39 is 11.7 Å². The monoisotopic (exact) mass is 443 g/mol. The number of imidazole rings is 1. The number of aromatic nitrogens is 3. The quantitative estimate of drug-likeness (QED) is 0.393. The number of carbonyl (C=O) groups excluding carboxylic acids is 1. The number of alkyl halides is 3. The lowest BCUT2D eigenvalue weighted by atomic mass is 10.2. The maximum Gasteiger partial charge on any atom is 0.416 e. The van der Waals surface area contributed by atoms with Crippen molar-refractivity contribution >= 4 is 40.3 Å². The van der Waals surface area contributed by atoms with Gasteiger partial charge in [0, 0.05) is 28.7 Å². The van der Waals surface area contributed by atoms with Gasteiger partial charge in [-0.3, -0.25) is 9.78 Å². The summed E-state index contributed by atoms with van der Waals surface area (Å²) in [5, 5.41) is 5.59. The molecule has 4 aromatic rings. The minimum atomic E-state index is -4.41. The molecular formula is C21H16F3N5OS. The first-order chi connectivity index (χ1) is 14.8. The van der Waals surface area contributed by atoms with Gasteiger partial charge in [-0.2, -0.15) is 13.2 Å². The lowest BCUT2D eigenvalue weighted by molar-refractivity contribution is -0.137. The lowest BCUT2D eigenvalue weighted by Gasteiger charge is -2.06. The molecule has 10 heteroatoms. The van der Waals surface area contributed by atoms with Gasteiger partial charge in [0.25, 0.3) is 5.91 Å². The molecule has 4 rings (SSSR count). The van der Waals surface area contributed by atoms with Crippen molar-refractivity contribution in [2.24, 2.45) is 0 Å². The number of halogens is 3. The predicted molar refractivity (Wildman–Crippen MR) is 113 cm³/mol. The first-order valence-corrected chi connectivity index (χ1v) is 9.93. The number of rotatable bonds is 5. The SMILES string of the molecule is CNC(=O)c1cc(Sc2ccc(Nc3nc4ccc(C(F)(F)F)cc4[nH]3)cc2)ccn1. The summed E-state index contributed by atoms with van der Waals surface area (Å²) in [6.07, 6.45) is -2.83. The van der Waals surface area contributed by atoms with Crippen molar-refractivity contribution in [1.82, 2.24) is 20.3 Å². The third-order valence-corrected chi connectivity index (χ3v) is 5.35. The number of fused-ring (bicyclic) bond motifs is 1. The van der Waals surface area contributed by atoms with Gasteiger partial charge in [0.1, 0.15) is 5.69 Å². The topological polar surface area (TPSA) is 82.7 Å². The van der Waals surface area contributed by atoms with E-state index in [-0.39, 0.29) is 5.91 Å². The molecule has 0 atom stereocenters. The minimum Gasteiger partial charge on any atom is -0.354 e. The van der Waals surface area contributed by atoms with Crippen LogP contribution in [0.1, 0.15) is 16.1 Å². The van der Waals surface area contributed by atoms with E-state index in [0.717, 1.165) is 27.6 Å². The molecule has 0 aliphatic heterocycles. The zero-order chi connectivity index (χ0) is 22.0. The molecule has 158 valence electrons. The van der Waals surface area contributed by atoms with E-state index in [1.807, 2.05) is 30.3 Å². The molecule has 0 fully saturated rings. The first kappa shape index (κ1) is 20.7. The highest BCUT2D eigenvalue weighted by Gasteiger charge is 2.30. The lowest BCUT2D eigenvalue weighted by Crippen LogP contribution is -2.18. The Morgan fingerprint density at radius 3 is 2.52 bits per heavy atom. The maximum absolute atomic E-state index is 12.9. The van der Waals surface area contributed by atoms with Crippen molar-refractivity contribution in [3.05, 3.63) is 72.1 Å². The molecule has 3 N–H and O–H groups in total. The summed E-state index contributed by atoms with van der Waals surface area (Å²) < 4.78 is 38.6. The molecule has 2 aromatic heterocycles. The Morgan fingerprint density at radius 2 is 1.81 bits per heavy atom. The van der Waals surface area contributed by atoms with Crippen LogP contribution in [0.2, 0.25) is 0 Å². The number of nitrogens with zero attached hydrogens (tertiary/aromatic N) is 2. The van der Waals surface area contributed by atoms with Crippen LogP contribution in [-0.4, -0.2) is 27.9 Å². The van der Waals surface area contributed by atoms with Gasteiger partial charge in [0.05, 0.1) is 16.6 Å². The van der Waals surface area contributed by atoms with Gasteiger partial charge < -0.3 is 15.6 Å². The van der Waals surface area contributed by atoms with Gasteiger partial charge in [-0.1, -0.05) is 11.8 Å². The van der Waals surface area contributed by atoms with Gasteiger partial charge in [-0.15, -0.1) is 0 Å². The number of hydrogen-bond donors (Lipinski definition) is 3. The summed E-state index contributed by atoms with van der Waals surface area (Å²) in [6, 6.07) is 14.3. The first-order valence-electron chi connectivity index (χ1n) is 9.12. The highest BCUT2D eigenvalue weighted by molar-refractivity contribution is 7.99. The van der Waals surface area contributed by atoms with Crippen LogP contribution in [0, 0.1) is 0 Å². The molecule has 1 amide bonds. The molecule has 0 radical (unpaired) electrons. The van der Waals surface area contributed by atoms with Crippen molar-refractivity contribution in [2.75, 3.05) is 12.4 Å². The fourth-order valence-electron chi connectivity index (χ4n) is 2.85. The van der Waals surface area contributed by atoms with Crippen LogP contribution in [0.25, 0.3) is 11.0 Å². The molecule has 0 saturated heterocycles. The Kier molecular flexibility index (Phi) is 5.55. The summed E-state index contributed by atoms with van der Waals surface area (Å²) in [5.74, 6) is 0.0919. The van der Waals surface area contributed by atoms with Gasteiger partial charge in [-0.05, 0) is 54.6 Å². The van der Waals surface area contributed by atoms with Crippen molar-refractivity contribution in [3.8, 4) is 0 Å². The molecule has 0 bridgehead atoms. The fraction of sp³-hybridized carbons (Fsp3) is 0.0952. The van der Waals surface area contributed by atoms with E-state index in [9.17, 15) is 18.0 Å². The van der Waals surface area contributed by atoms with Crippen LogP contribution in [-0.2, 0) is 6.18 Å². The van der Waals surface area contributed by atoms with E-state index in [0.29, 0.717) is 22.7 Å².